The summed E-state index contributed by atoms with van der Waals surface area (Å²) in [6.07, 6.45) is 1.00. The molecule has 0 aliphatic heterocycles. The molecule has 0 amide bonds. The summed E-state index contributed by atoms with van der Waals surface area (Å²) in [4.78, 5) is 20.1. The lowest BCUT2D eigenvalue weighted by Gasteiger charge is -2.14. The molecule has 1 heterocycles. The van der Waals surface area contributed by atoms with Crippen molar-refractivity contribution in [3.8, 4) is 17.2 Å². The summed E-state index contributed by atoms with van der Waals surface area (Å²) < 4.78 is 79.6. The van der Waals surface area contributed by atoms with Crippen molar-refractivity contribution in [2.75, 3.05) is 32.6 Å². The fourth-order valence-corrected chi connectivity index (χ4v) is 1.70. The van der Waals surface area contributed by atoms with E-state index < -0.39 is 44.1 Å². The molecule has 0 unspecified atom stereocenters. The van der Waals surface area contributed by atoms with Crippen LogP contribution in [0.25, 0.3) is 0 Å². The molecule has 2 aromatic rings. The Morgan fingerprint density at radius 2 is 1.77 bits per heavy atom. The largest absolute Gasteiger partial charge is 0.493 e. The van der Waals surface area contributed by atoms with E-state index in [1.165, 1.54) is 0 Å². The van der Waals surface area contributed by atoms with E-state index >= 15 is 0 Å². The van der Waals surface area contributed by atoms with Gasteiger partial charge in [-0.1, -0.05) is 0 Å². The molecule has 1 aromatic heterocycles. The molecule has 2 rings (SSSR count). The lowest BCUT2D eigenvalue weighted by atomic mass is 10.0. The standard InChI is InChI=1S/C14H16N4O4/c1-20-9-4-7(5-10(21-2)12(9)22-3)11(19)8-6-17-14(16)18-13(8)15/h4-6H,1-3H3,(H4,15,16,17,18)/i1D3,2D3,3D3. The van der Waals surface area contributed by atoms with E-state index in [2.05, 4.69) is 9.97 Å². The first-order valence-corrected chi connectivity index (χ1v) is 5.63. The van der Waals surface area contributed by atoms with Gasteiger partial charge in [0, 0.05) is 11.8 Å². The van der Waals surface area contributed by atoms with Crippen molar-refractivity contribution >= 4 is 17.5 Å². The first kappa shape index (κ1) is 7.30. The molecule has 116 valence electrons. The number of ether oxygens (including phenoxy) is 3. The van der Waals surface area contributed by atoms with E-state index in [0.717, 1.165) is 18.3 Å². The Morgan fingerprint density at radius 3 is 2.32 bits per heavy atom. The minimum absolute atomic E-state index is 0.215. The molecule has 0 bridgehead atoms. The number of aromatic nitrogens is 2. The number of rotatable bonds is 5. The summed E-state index contributed by atoms with van der Waals surface area (Å²) in [7, 11) is -9.37. The van der Waals surface area contributed by atoms with Crippen molar-refractivity contribution in [1.29, 1.82) is 0 Å². The first-order valence-electron chi connectivity index (χ1n) is 10.1. The van der Waals surface area contributed by atoms with Gasteiger partial charge < -0.3 is 25.7 Å². The monoisotopic (exact) mass is 313 g/mol. The van der Waals surface area contributed by atoms with Gasteiger partial charge in [0.2, 0.25) is 11.7 Å². The zero-order valence-electron chi connectivity index (χ0n) is 19.9. The van der Waals surface area contributed by atoms with E-state index in [-0.39, 0.29) is 22.9 Å². The second-order valence-electron chi connectivity index (χ2n) is 3.96. The van der Waals surface area contributed by atoms with E-state index in [4.69, 9.17) is 38.0 Å². The Morgan fingerprint density at radius 1 is 1.14 bits per heavy atom. The lowest BCUT2D eigenvalue weighted by molar-refractivity contribution is 0.103. The smallest absolute Gasteiger partial charge is 0.221 e. The summed E-state index contributed by atoms with van der Waals surface area (Å²) in [5.74, 6) is -3.83. The van der Waals surface area contributed by atoms with Crippen LogP contribution in [-0.2, 0) is 0 Å². The molecule has 0 aliphatic rings. The highest BCUT2D eigenvalue weighted by Crippen LogP contribution is 2.38. The molecule has 0 atom stereocenters. The third-order valence-electron chi connectivity index (χ3n) is 2.69. The second kappa shape index (κ2) is 6.17. The Kier molecular flexibility index (Phi) is 2.05. The highest BCUT2D eigenvalue weighted by Gasteiger charge is 2.20. The summed E-state index contributed by atoms with van der Waals surface area (Å²) in [6.45, 7) is 0. The van der Waals surface area contributed by atoms with Gasteiger partial charge in [-0.2, -0.15) is 4.98 Å². The van der Waals surface area contributed by atoms with Crippen molar-refractivity contribution in [1.82, 2.24) is 9.97 Å². The fourth-order valence-electron chi connectivity index (χ4n) is 1.70. The van der Waals surface area contributed by atoms with Crippen LogP contribution in [-0.4, -0.2) is 36.9 Å². The van der Waals surface area contributed by atoms with Gasteiger partial charge in [-0.3, -0.25) is 4.79 Å². The van der Waals surface area contributed by atoms with Crippen molar-refractivity contribution in [3.05, 3.63) is 29.5 Å². The van der Waals surface area contributed by atoms with Crippen LogP contribution in [0.3, 0.4) is 0 Å². The van der Waals surface area contributed by atoms with Gasteiger partial charge in [-0.15, -0.1) is 0 Å². The molecule has 0 fully saturated rings. The van der Waals surface area contributed by atoms with Gasteiger partial charge in [0.25, 0.3) is 0 Å². The first-order chi connectivity index (χ1) is 14.0. The normalized spacial score (nSPS) is 17.9. The number of nitrogen functional groups attached to an aromatic ring is 2. The van der Waals surface area contributed by atoms with Crippen LogP contribution in [0, 0.1) is 0 Å². The van der Waals surface area contributed by atoms with E-state index in [9.17, 15) is 4.79 Å². The van der Waals surface area contributed by atoms with Crippen LogP contribution in [0.4, 0.5) is 11.8 Å². The number of carbonyl (C=O) groups is 1. The number of carbonyl (C=O) groups excluding carboxylic acids is 1. The van der Waals surface area contributed by atoms with Gasteiger partial charge in [0.05, 0.1) is 39.0 Å². The lowest BCUT2D eigenvalue weighted by Crippen LogP contribution is -2.10. The molecule has 4 N–H and O–H groups in total. The van der Waals surface area contributed by atoms with E-state index in [0.29, 0.717) is 0 Å². The number of nitrogens with zero attached hydrogens (tertiary/aromatic N) is 2. The summed E-state index contributed by atoms with van der Waals surface area (Å²) in [6, 6.07) is 1.66. The predicted octanol–water partition coefficient (Wildman–Crippen LogP) is 0.898. The maximum atomic E-state index is 12.9. The highest BCUT2D eigenvalue weighted by atomic mass is 16.5. The Hall–Kier alpha value is -3.03. The Labute approximate surface area is 139 Å². The summed E-state index contributed by atoms with van der Waals surface area (Å²) >= 11 is 0. The summed E-state index contributed by atoms with van der Waals surface area (Å²) in [5.41, 5.74) is 10.4. The van der Waals surface area contributed by atoms with E-state index in [1.54, 1.807) is 0 Å². The molecular weight excluding hydrogens is 288 g/mol. The Bertz CT molecular complexity index is 952. The zero-order chi connectivity index (χ0) is 23.8. The van der Waals surface area contributed by atoms with Gasteiger partial charge in [-0.25, -0.2) is 4.98 Å². The summed E-state index contributed by atoms with van der Waals surface area (Å²) in [5, 5.41) is 0. The van der Waals surface area contributed by atoms with Gasteiger partial charge in [-0.05, 0) is 12.1 Å². The van der Waals surface area contributed by atoms with Crippen LogP contribution in [0.1, 0.15) is 28.3 Å². The van der Waals surface area contributed by atoms with Crippen molar-refractivity contribution in [2.45, 2.75) is 0 Å². The van der Waals surface area contributed by atoms with Crippen LogP contribution in [0.2, 0.25) is 0 Å². The number of anilines is 2. The van der Waals surface area contributed by atoms with Crippen LogP contribution >= 0.6 is 0 Å². The topological polar surface area (TPSA) is 123 Å². The molecule has 0 radical (unpaired) electrons. The SMILES string of the molecule is [2H]C([2H])([2H])Oc1cc(C(=O)c2cnc(N)nc2N)cc(OC([2H])([2H])[2H])c1OC([2H])([2H])[2H]. The quantitative estimate of drug-likeness (QED) is 0.780. The Balaban J connectivity index is 2.73. The number of nitrogens with two attached hydrogens (primary N) is 2. The highest BCUT2D eigenvalue weighted by molar-refractivity contribution is 6.12. The zero-order valence-corrected chi connectivity index (χ0v) is 10.9. The molecule has 8 nitrogen and oxygen atoms in total. The number of hydrogen-bond acceptors (Lipinski definition) is 8. The minimum atomic E-state index is -3.14. The van der Waals surface area contributed by atoms with E-state index in [1.807, 2.05) is 0 Å². The average molecular weight is 313 g/mol. The number of methoxy groups -OCH3 is 3. The minimum Gasteiger partial charge on any atom is -0.493 e. The van der Waals surface area contributed by atoms with Crippen LogP contribution in [0.5, 0.6) is 17.2 Å². The number of benzene rings is 1. The van der Waals surface area contributed by atoms with Gasteiger partial charge >= 0.3 is 0 Å². The molecule has 0 saturated carbocycles. The molecule has 8 heteroatoms. The second-order valence-corrected chi connectivity index (χ2v) is 3.96. The maximum absolute atomic E-state index is 12.9. The average Bonchev–Trinajstić information content (AvgIpc) is 2.53. The van der Waals surface area contributed by atoms with Crippen LogP contribution < -0.4 is 25.7 Å². The predicted molar refractivity (Wildman–Crippen MR) is 80.4 cm³/mol. The fraction of sp³-hybridized carbons (Fsp3) is 0.214. The molecule has 0 aliphatic carbocycles. The molecule has 0 saturated heterocycles. The van der Waals surface area contributed by atoms with Crippen molar-refractivity contribution < 1.29 is 31.3 Å². The molecular formula is C14H16N4O4. The van der Waals surface area contributed by atoms with Crippen molar-refractivity contribution in [3.63, 3.8) is 0 Å². The third-order valence-corrected chi connectivity index (χ3v) is 2.69. The van der Waals surface area contributed by atoms with Gasteiger partial charge in [0.15, 0.2) is 17.3 Å². The maximum Gasteiger partial charge on any atom is 0.221 e. The van der Waals surface area contributed by atoms with Crippen LogP contribution in [0.15, 0.2) is 18.3 Å². The third kappa shape index (κ3) is 2.71. The van der Waals surface area contributed by atoms with Gasteiger partial charge in [0.1, 0.15) is 5.82 Å². The molecule has 1 aromatic carbocycles. The molecule has 22 heavy (non-hydrogen) atoms. The number of hydrogen-bond donors (Lipinski definition) is 2. The molecule has 0 spiro atoms. The van der Waals surface area contributed by atoms with Crippen molar-refractivity contribution in [2.24, 2.45) is 0 Å². The number of ketones is 1.